The average Bonchev–Trinajstić information content (AvgIpc) is 0.781. The molecule has 27 heteroatoms. The normalized spacial score (nSPS) is 10.8. The van der Waals surface area contributed by atoms with Crippen molar-refractivity contribution >= 4 is 136 Å². The number of nitrogens with one attached hydrogen (secondary N) is 1. The van der Waals surface area contributed by atoms with E-state index in [1.54, 1.807) is 165 Å². The number of nitrogens with two attached hydrogens (primary N) is 1. The molecule has 0 saturated heterocycles. The Morgan fingerprint density at radius 3 is 1.10 bits per heavy atom. The van der Waals surface area contributed by atoms with Crippen LogP contribution in [-0.2, 0) is 0 Å². The summed E-state index contributed by atoms with van der Waals surface area (Å²) in [5.41, 5.74) is 17.7. The molecule has 0 radical (unpaired) electrons. The zero-order valence-corrected chi connectivity index (χ0v) is 67.4. The highest BCUT2D eigenvalue weighted by molar-refractivity contribution is 9.10. The Bertz CT molecular complexity index is 5100. The van der Waals surface area contributed by atoms with Crippen LogP contribution >= 0.6 is 96.4 Å². The van der Waals surface area contributed by atoms with E-state index in [0.29, 0.717) is 42.3 Å². The molecule has 0 unspecified atom stereocenters. The summed E-state index contributed by atoms with van der Waals surface area (Å²) in [4.78, 5) is 68.9. The van der Waals surface area contributed by atoms with E-state index in [1.807, 2.05) is 146 Å². The zero-order chi connectivity index (χ0) is 78.9. The van der Waals surface area contributed by atoms with Crippen LogP contribution < -0.4 is 20.9 Å². The molecule has 0 aliphatic heterocycles. The molecular weight excluding hydrogens is 1610 g/mol. The zero-order valence-electron chi connectivity index (χ0n) is 60.3. The Morgan fingerprint density at radius 1 is 0.402 bits per heavy atom. The molecule has 0 bridgehead atoms. The smallest absolute Gasteiger partial charge is 0.196 e. The number of benzene rings is 3. The number of pyridine rings is 12. The number of hydrogen-bond donors (Lipinski definition) is 4. The standard InChI is InChI=1S/C23H21ClN4O2S.C23H19ClN4S.C16H13ClN4.C11H8N2O.C7H7BrS.C5H5ClN2/c1-31(29,30)21-8-2-7-19(13-21)28(20-9-10-22(24)27-16-20)23(17-5-3-11-25-14-17)18-6-4-12-26-15-18;1-29-21-8-2-7-19(13-21)28(20-9-10-22(24)27-16-20)23(17-5-3-11-25-14-17)18-6-4-12-26-15-18;17-15-6-5-14(11-20-15)21-16(12-3-1-7-18-9-12)13-4-2-8-19-10-13;14-11(9-3-1-5-12-7-9)10-4-2-6-13-8-10;1-9-7-4-2-3-6(8)5-7;6-5-2-1-4(7)3-8-5/h2-16,23,29-30H,1H3;2-16,23H,1H3;1-11,16,21H;1-8H;2-5H,1H3;1-3H,7H2. The van der Waals surface area contributed by atoms with Crippen LogP contribution in [0.4, 0.5) is 34.1 Å². The number of aromatic nitrogens is 12. The monoisotopic (exact) mass is 1680 g/mol. The van der Waals surface area contributed by atoms with Gasteiger partial charge >= 0.3 is 0 Å². The lowest BCUT2D eigenvalue weighted by Gasteiger charge is -2.35. The van der Waals surface area contributed by atoms with E-state index in [0.717, 1.165) is 66.3 Å². The van der Waals surface area contributed by atoms with Gasteiger partial charge in [0.25, 0.3) is 0 Å². The predicted octanol–water partition coefficient (Wildman–Crippen LogP) is 22.3. The number of ketones is 1. The Labute approximate surface area is 688 Å². The minimum atomic E-state index is -2.89. The highest BCUT2D eigenvalue weighted by Crippen LogP contribution is 2.48. The molecule has 19 nitrogen and oxygen atoms in total. The molecule has 12 heterocycles. The van der Waals surface area contributed by atoms with Crippen molar-refractivity contribution in [1.82, 2.24) is 59.8 Å². The third-order valence-corrected chi connectivity index (χ3v) is 20.1. The van der Waals surface area contributed by atoms with Crippen LogP contribution in [0.5, 0.6) is 0 Å². The third kappa shape index (κ3) is 25.5. The maximum atomic E-state index is 11.8. The van der Waals surface area contributed by atoms with E-state index < -0.39 is 10.6 Å². The van der Waals surface area contributed by atoms with Crippen molar-refractivity contribution in [3.8, 4) is 0 Å². The summed E-state index contributed by atoms with van der Waals surface area (Å²) >= 11 is 30.2. The van der Waals surface area contributed by atoms with Crippen LogP contribution in [0.2, 0.25) is 20.6 Å². The van der Waals surface area contributed by atoms with Gasteiger partial charge in [-0.15, -0.1) is 23.5 Å². The summed E-state index contributed by atoms with van der Waals surface area (Å²) in [6.07, 6.45) is 40.3. The molecule has 3 aromatic carbocycles. The summed E-state index contributed by atoms with van der Waals surface area (Å²) in [5.74, 6) is -0.0498. The molecule has 5 N–H and O–H groups in total. The number of hydrogen-bond acceptors (Lipinski definition) is 21. The van der Waals surface area contributed by atoms with E-state index in [1.165, 1.54) is 22.2 Å². The highest BCUT2D eigenvalue weighted by Gasteiger charge is 2.28. The van der Waals surface area contributed by atoms with Crippen molar-refractivity contribution < 1.29 is 13.9 Å². The largest absolute Gasteiger partial charge is 0.397 e. The predicted molar refractivity (Wildman–Crippen MR) is 460 cm³/mol. The second-order valence-electron chi connectivity index (χ2n) is 23.8. The fourth-order valence-corrected chi connectivity index (χ4v) is 13.5. The molecule has 0 saturated carbocycles. The van der Waals surface area contributed by atoms with Crippen molar-refractivity contribution in [3.63, 3.8) is 0 Å². The highest BCUT2D eigenvalue weighted by atomic mass is 79.9. The van der Waals surface area contributed by atoms with Gasteiger partial charge in [0.05, 0.1) is 70.6 Å². The summed E-state index contributed by atoms with van der Waals surface area (Å²) in [6.45, 7) is 0. The van der Waals surface area contributed by atoms with E-state index in [9.17, 15) is 13.9 Å². The summed E-state index contributed by atoms with van der Waals surface area (Å²) < 4.78 is 21.6. The van der Waals surface area contributed by atoms with Crippen molar-refractivity contribution in [2.75, 3.05) is 39.6 Å². The summed E-state index contributed by atoms with van der Waals surface area (Å²) in [6, 6.07) is 68.6. The number of carbonyl (C=O) groups is 1. The first-order valence-corrected chi connectivity index (χ1v) is 40.8. The van der Waals surface area contributed by atoms with Gasteiger partial charge in [-0.1, -0.05) is 117 Å². The maximum Gasteiger partial charge on any atom is 0.196 e. The van der Waals surface area contributed by atoms with Crippen LogP contribution in [0.3, 0.4) is 0 Å². The molecule has 15 rings (SSSR count). The first-order chi connectivity index (χ1) is 54.5. The average molecular weight is 1680 g/mol. The number of anilines is 6. The molecule has 15 aromatic rings. The van der Waals surface area contributed by atoms with Gasteiger partial charge in [0.1, 0.15) is 20.6 Å². The molecule has 0 spiro atoms. The van der Waals surface area contributed by atoms with Crippen molar-refractivity contribution in [3.05, 3.63) is 412 Å². The first-order valence-electron chi connectivity index (χ1n) is 34.1. The quantitative estimate of drug-likeness (QED) is 0.0333. The molecule has 0 fully saturated rings. The number of thioether (sulfide) groups is 2. The Balaban J connectivity index is 0.000000151. The molecule has 564 valence electrons. The fourth-order valence-electron chi connectivity index (χ4n) is 10.9. The van der Waals surface area contributed by atoms with E-state index in [2.05, 4.69) is 152 Å². The van der Waals surface area contributed by atoms with Crippen LogP contribution in [0.25, 0.3) is 0 Å². The minimum Gasteiger partial charge on any atom is -0.397 e. The van der Waals surface area contributed by atoms with Crippen LogP contribution in [0.1, 0.15) is 67.4 Å². The van der Waals surface area contributed by atoms with Gasteiger partial charge < -0.3 is 20.9 Å². The van der Waals surface area contributed by atoms with Gasteiger partial charge in [0.2, 0.25) is 0 Å². The van der Waals surface area contributed by atoms with Gasteiger partial charge in [-0.05, 0) is 210 Å². The lowest BCUT2D eigenvalue weighted by atomic mass is 9.98. The second kappa shape index (κ2) is 43.5. The molecule has 0 aliphatic carbocycles. The van der Waals surface area contributed by atoms with Gasteiger partial charge in [-0.25, -0.2) is 19.9 Å². The first kappa shape index (κ1) is 83.4. The molecular formula is C85H73BrCl4N16O3S3. The fraction of sp³-hybridized carbons (Fsp3) is 0.0706. The number of halogens is 5. The van der Waals surface area contributed by atoms with Gasteiger partial charge in [-0.3, -0.25) is 53.8 Å². The summed E-state index contributed by atoms with van der Waals surface area (Å²) in [5, 5.41) is 5.23. The molecule has 0 amide bonds. The number of nitrogen functional groups attached to an aromatic ring is 1. The molecule has 112 heavy (non-hydrogen) atoms. The van der Waals surface area contributed by atoms with Gasteiger partial charge in [0, 0.05) is 142 Å². The SMILES string of the molecule is CS(O)(O)c1cccc(N(c2ccc(Cl)nc2)C(c2cccnc2)c2cccnc2)c1.CSc1cccc(Br)c1.CSc1cccc(N(c2ccc(Cl)nc2)C(c2cccnc2)c2cccnc2)c1.Clc1ccc(NC(c2cccnc2)c2cccnc2)cn1.Nc1ccc(Cl)nc1.O=C(c1cccnc1)c1cccnc1. The van der Waals surface area contributed by atoms with Crippen molar-refractivity contribution in [2.45, 2.75) is 32.8 Å². The number of nitrogens with zero attached hydrogens (tertiary/aromatic N) is 14. The lowest BCUT2D eigenvalue weighted by Crippen LogP contribution is -2.25. The van der Waals surface area contributed by atoms with Gasteiger partial charge in [0.15, 0.2) is 5.78 Å². The van der Waals surface area contributed by atoms with Crippen LogP contribution in [-0.4, -0.2) is 93.5 Å². The van der Waals surface area contributed by atoms with E-state index >= 15 is 0 Å². The van der Waals surface area contributed by atoms with E-state index in [4.69, 9.17) is 52.1 Å². The second-order valence-corrected chi connectivity index (χ2v) is 30.2. The Hall–Kier alpha value is -11.1. The molecule has 0 aliphatic rings. The third-order valence-electron chi connectivity index (χ3n) is 16.1. The lowest BCUT2D eigenvalue weighted by molar-refractivity contribution is 0.103. The van der Waals surface area contributed by atoms with Crippen molar-refractivity contribution in [1.29, 1.82) is 0 Å². The molecule has 0 atom stereocenters. The minimum absolute atomic E-state index is 0.0459. The van der Waals surface area contributed by atoms with E-state index in [-0.39, 0.29) is 23.9 Å². The number of carbonyl (C=O) groups excluding carboxylic acids is 1. The summed E-state index contributed by atoms with van der Waals surface area (Å²) in [7, 11) is -2.89. The van der Waals surface area contributed by atoms with Crippen LogP contribution in [0, 0.1) is 0 Å². The van der Waals surface area contributed by atoms with Gasteiger partial charge in [-0.2, -0.15) is 10.6 Å². The Kier molecular flexibility index (Phi) is 32.4. The topological polar surface area (TPSA) is 257 Å². The molecule has 12 aromatic heterocycles. The van der Waals surface area contributed by atoms with Crippen molar-refractivity contribution in [2.24, 2.45) is 0 Å². The number of rotatable bonds is 19. The van der Waals surface area contributed by atoms with Crippen LogP contribution in [0.15, 0.2) is 361 Å². The Morgan fingerprint density at radius 2 is 0.768 bits per heavy atom. The maximum absolute atomic E-state index is 11.8.